The van der Waals surface area contributed by atoms with Gasteiger partial charge in [-0.3, -0.25) is 38.4 Å². The molecule has 0 fully saturated rings. The molecule has 0 bridgehead atoms. The van der Waals surface area contributed by atoms with Gasteiger partial charge in [0, 0.05) is 47.9 Å². The van der Waals surface area contributed by atoms with Gasteiger partial charge in [-0.05, 0) is 36.1 Å². The molecular formula is C30H26O10. The summed E-state index contributed by atoms with van der Waals surface area (Å²) in [5.41, 5.74) is 1.35. The summed E-state index contributed by atoms with van der Waals surface area (Å²) in [6.07, 6.45) is 0.0484. The molecular weight excluding hydrogens is 520 g/mol. The molecule has 0 amide bonds. The lowest BCUT2D eigenvalue weighted by atomic mass is 9.94. The van der Waals surface area contributed by atoms with Crippen molar-refractivity contribution in [1.29, 1.82) is 0 Å². The number of carbonyl (C=O) groups excluding carboxylic acids is 8. The molecule has 0 aliphatic heterocycles. The van der Waals surface area contributed by atoms with Crippen LogP contribution in [0.15, 0.2) is 36.4 Å². The lowest BCUT2D eigenvalue weighted by Gasteiger charge is -2.06. The van der Waals surface area contributed by atoms with Crippen molar-refractivity contribution in [3.8, 4) is 11.1 Å². The van der Waals surface area contributed by atoms with Gasteiger partial charge in [-0.1, -0.05) is 24.3 Å². The monoisotopic (exact) mass is 546 g/mol. The molecule has 0 saturated heterocycles. The van der Waals surface area contributed by atoms with Crippen LogP contribution in [0, 0.1) is 11.8 Å². The van der Waals surface area contributed by atoms with Crippen LogP contribution >= 0.6 is 0 Å². The van der Waals surface area contributed by atoms with Crippen LogP contribution in [0.3, 0.4) is 0 Å². The SMILES string of the molecule is COC(=O)CCCC(=O)C1C(=O)c2ccc(-c3ccc4c(c3)C(=O)C(C(=O)CCCC(=O)OC)C4=O)cc2C1=O. The van der Waals surface area contributed by atoms with E-state index in [4.69, 9.17) is 0 Å². The summed E-state index contributed by atoms with van der Waals surface area (Å²) < 4.78 is 9.07. The van der Waals surface area contributed by atoms with Gasteiger partial charge in [0.25, 0.3) is 0 Å². The van der Waals surface area contributed by atoms with Gasteiger partial charge in [-0.25, -0.2) is 0 Å². The lowest BCUT2D eigenvalue weighted by molar-refractivity contribution is -0.141. The molecule has 0 saturated carbocycles. The van der Waals surface area contributed by atoms with Crippen LogP contribution in [0.4, 0.5) is 0 Å². The zero-order valence-electron chi connectivity index (χ0n) is 21.9. The number of esters is 2. The van der Waals surface area contributed by atoms with Gasteiger partial charge in [-0.15, -0.1) is 0 Å². The normalized spacial score (nSPS) is 17.4. The predicted octanol–water partition coefficient (Wildman–Crippen LogP) is 3.17. The van der Waals surface area contributed by atoms with Crippen LogP contribution in [-0.2, 0) is 28.7 Å². The van der Waals surface area contributed by atoms with E-state index in [1.165, 1.54) is 38.5 Å². The first-order valence-corrected chi connectivity index (χ1v) is 12.7. The molecule has 2 unspecified atom stereocenters. The largest absolute Gasteiger partial charge is 0.469 e. The number of fused-ring (bicyclic) bond motifs is 2. The molecule has 0 aromatic heterocycles. The van der Waals surface area contributed by atoms with Gasteiger partial charge in [0.2, 0.25) is 0 Å². The number of hydrogen-bond donors (Lipinski definition) is 0. The smallest absolute Gasteiger partial charge is 0.305 e. The van der Waals surface area contributed by atoms with Crippen LogP contribution < -0.4 is 0 Å². The maximum Gasteiger partial charge on any atom is 0.305 e. The number of Topliss-reactive ketones (excluding diaryl/α,β-unsaturated/α-hetero) is 6. The maximum atomic E-state index is 13.0. The Labute approximate surface area is 229 Å². The van der Waals surface area contributed by atoms with E-state index in [0.717, 1.165) is 0 Å². The number of methoxy groups -OCH3 is 2. The number of rotatable bonds is 11. The summed E-state index contributed by atoms with van der Waals surface area (Å²) in [6, 6.07) is 8.98. The van der Waals surface area contributed by atoms with Crippen LogP contribution in [0.25, 0.3) is 11.1 Å². The number of ether oxygens (including phenoxy) is 2. The van der Waals surface area contributed by atoms with Gasteiger partial charge < -0.3 is 9.47 Å². The topological polar surface area (TPSA) is 155 Å². The van der Waals surface area contributed by atoms with Crippen molar-refractivity contribution in [1.82, 2.24) is 0 Å². The lowest BCUT2D eigenvalue weighted by Crippen LogP contribution is -2.25. The van der Waals surface area contributed by atoms with Crippen molar-refractivity contribution in [2.45, 2.75) is 38.5 Å². The highest BCUT2D eigenvalue weighted by atomic mass is 16.5. The summed E-state index contributed by atoms with van der Waals surface area (Å²) in [5, 5.41) is 0. The number of hydrogen-bond acceptors (Lipinski definition) is 10. The Kier molecular flexibility index (Phi) is 8.27. The third-order valence-electron chi connectivity index (χ3n) is 7.19. The minimum absolute atomic E-state index is 0.00602. The molecule has 10 heteroatoms. The Bertz CT molecular complexity index is 1370. The van der Waals surface area contributed by atoms with E-state index in [9.17, 15) is 38.4 Å². The van der Waals surface area contributed by atoms with Gasteiger partial charge in [0.1, 0.15) is 11.8 Å². The molecule has 0 heterocycles. The van der Waals surface area contributed by atoms with Gasteiger partial charge in [0.05, 0.1) is 14.2 Å². The average molecular weight is 547 g/mol. The molecule has 2 aromatic carbocycles. The molecule has 2 aromatic rings. The Balaban J connectivity index is 1.51. The number of ketones is 6. The summed E-state index contributed by atoms with van der Waals surface area (Å²) in [4.78, 5) is 99.6. The minimum atomic E-state index is -1.46. The highest BCUT2D eigenvalue weighted by Crippen LogP contribution is 2.35. The van der Waals surface area contributed by atoms with Crippen molar-refractivity contribution >= 4 is 46.6 Å². The van der Waals surface area contributed by atoms with Crippen molar-refractivity contribution in [2.24, 2.45) is 11.8 Å². The second-order valence-electron chi connectivity index (χ2n) is 9.64. The molecule has 0 spiro atoms. The summed E-state index contributed by atoms with van der Waals surface area (Å²) >= 11 is 0. The first kappa shape index (κ1) is 28.4. The average Bonchev–Trinajstić information content (AvgIpc) is 3.35. The van der Waals surface area contributed by atoms with Gasteiger partial charge in [0.15, 0.2) is 34.7 Å². The molecule has 4 rings (SSSR count). The van der Waals surface area contributed by atoms with Crippen molar-refractivity contribution < 1.29 is 47.8 Å². The van der Waals surface area contributed by atoms with E-state index in [2.05, 4.69) is 9.47 Å². The van der Waals surface area contributed by atoms with Gasteiger partial charge in [-0.2, -0.15) is 0 Å². The highest BCUT2D eigenvalue weighted by Gasteiger charge is 2.44. The summed E-state index contributed by atoms with van der Waals surface area (Å²) in [7, 11) is 2.45. The zero-order valence-corrected chi connectivity index (χ0v) is 21.9. The molecule has 206 valence electrons. The van der Waals surface area contributed by atoms with E-state index in [1.807, 2.05) is 0 Å². The summed E-state index contributed by atoms with van der Waals surface area (Å²) in [6.45, 7) is 0. The first-order valence-electron chi connectivity index (χ1n) is 12.7. The number of carbonyl (C=O) groups is 8. The fourth-order valence-corrected chi connectivity index (χ4v) is 5.04. The van der Waals surface area contributed by atoms with Crippen LogP contribution in [0.5, 0.6) is 0 Å². The molecule has 0 N–H and O–H groups in total. The van der Waals surface area contributed by atoms with Gasteiger partial charge >= 0.3 is 11.9 Å². The Hall–Kier alpha value is -4.60. The molecule has 0 radical (unpaired) electrons. The minimum Gasteiger partial charge on any atom is -0.469 e. The second-order valence-corrected chi connectivity index (χ2v) is 9.64. The highest BCUT2D eigenvalue weighted by molar-refractivity contribution is 6.36. The van der Waals surface area contributed by atoms with Crippen LogP contribution in [0.2, 0.25) is 0 Å². The fourth-order valence-electron chi connectivity index (χ4n) is 5.04. The van der Waals surface area contributed by atoms with Crippen LogP contribution in [0.1, 0.15) is 80.0 Å². The molecule has 2 atom stereocenters. The quantitative estimate of drug-likeness (QED) is 0.303. The van der Waals surface area contributed by atoms with Crippen molar-refractivity contribution in [2.75, 3.05) is 14.2 Å². The second kappa shape index (κ2) is 11.6. The van der Waals surface area contributed by atoms with Crippen molar-refractivity contribution in [3.05, 3.63) is 58.7 Å². The molecule has 10 nitrogen and oxygen atoms in total. The standard InChI is InChI=1S/C30H26O10/c1-39-23(33)7-3-5-21(31)25-27(35)17-11-9-15(13-19(17)29(25)37)16-10-12-18-20(14-16)30(38)26(28(18)36)22(32)6-4-8-24(34)40-2/h9-14,25-26H,3-8H2,1-2H3. The first-order chi connectivity index (χ1) is 19.1. The van der Waals surface area contributed by atoms with E-state index in [0.29, 0.717) is 11.1 Å². The van der Waals surface area contributed by atoms with Crippen LogP contribution in [-0.4, -0.2) is 60.9 Å². The number of benzene rings is 2. The fraction of sp³-hybridized carbons (Fsp3) is 0.333. The third-order valence-corrected chi connectivity index (χ3v) is 7.19. The Morgan fingerprint density at radius 3 is 1.25 bits per heavy atom. The van der Waals surface area contributed by atoms with E-state index < -0.39 is 58.5 Å². The molecule has 2 aliphatic rings. The summed E-state index contributed by atoms with van der Waals surface area (Å²) in [5.74, 6) is -7.51. The Morgan fingerprint density at radius 2 is 0.900 bits per heavy atom. The van der Waals surface area contributed by atoms with Crippen molar-refractivity contribution in [3.63, 3.8) is 0 Å². The zero-order chi connectivity index (χ0) is 29.1. The molecule has 2 aliphatic carbocycles. The third kappa shape index (κ3) is 5.29. The molecule has 40 heavy (non-hydrogen) atoms. The van der Waals surface area contributed by atoms with E-state index in [-0.39, 0.29) is 60.8 Å². The predicted molar refractivity (Wildman–Crippen MR) is 138 cm³/mol. The van der Waals surface area contributed by atoms with E-state index in [1.54, 1.807) is 12.1 Å². The maximum absolute atomic E-state index is 13.0. The van der Waals surface area contributed by atoms with E-state index >= 15 is 0 Å². The Morgan fingerprint density at radius 1 is 0.550 bits per heavy atom.